The maximum Gasteiger partial charge on any atom is 0.131 e. The van der Waals surface area contributed by atoms with Crippen LogP contribution in [-0.2, 0) is 12.8 Å². The lowest BCUT2D eigenvalue weighted by molar-refractivity contribution is 0.862. The second-order valence-electron chi connectivity index (χ2n) is 4.53. The number of aryl methyl sites for hydroxylation is 5. The summed E-state index contributed by atoms with van der Waals surface area (Å²) in [7, 11) is 0. The third kappa shape index (κ3) is 4.64. The first-order valence-electron chi connectivity index (χ1n) is 7.36. The average molecular weight is 275 g/mol. The molecule has 2 rings (SSSR count). The van der Waals surface area contributed by atoms with Crippen LogP contribution in [0.1, 0.15) is 49.6 Å². The number of rotatable bonds is 2. The third-order valence-electron chi connectivity index (χ3n) is 2.93. The van der Waals surface area contributed by atoms with Gasteiger partial charge in [0.05, 0.1) is 0 Å². The van der Waals surface area contributed by atoms with Crippen molar-refractivity contribution in [1.82, 2.24) is 24.9 Å². The van der Waals surface area contributed by atoms with E-state index >= 15 is 0 Å². The van der Waals surface area contributed by atoms with Gasteiger partial charge in [-0.1, -0.05) is 13.8 Å². The zero-order valence-electron chi connectivity index (χ0n) is 14.2. The number of nitrogens with zero attached hydrogens (tertiary/aromatic N) is 5. The highest BCUT2D eigenvalue weighted by atomic mass is 15.0. The van der Waals surface area contributed by atoms with E-state index in [1.54, 1.807) is 6.92 Å². The van der Waals surface area contributed by atoms with Crippen LogP contribution in [0.4, 0.5) is 0 Å². The highest BCUT2D eigenvalue weighted by molar-refractivity contribution is 5.23. The minimum Gasteiger partial charge on any atom is -0.238 e. The molecule has 0 unspecified atom stereocenters. The summed E-state index contributed by atoms with van der Waals surface area (Å²) in [5.41, 5.74) is 3.52. The molecule has 0 atom stereocenters. The van der Waals surface area contributed by atoms with Crippen LogP contribution in [0.15, 0.2) is 6.30 Å². The highest BCUT2D eigenvalue weighted by Crippen LogP contribution is 2.08. The predicted molar refractivity (Wildman–Crippen MR) is 79.6 cm³/mol. The first-order chi connectivity index (χ1) is 9.87. The molecule has 20 heavy (non-hydrogen) atoms. The molecule has 0 saturated heterocycles. The van der Waals surface area contributed by atoms with Crippen LogP contribution in [0.3, 0.4) is 0 Å². The van der Waals surface area contributed by atoms with E-state index in [-0.39, 0.29) is 6.30 Å². The Bertz CT molecular complexity index is 593. The van der Waals surface area contributed by atoms with Crippen LogP contribution < -0.4 is 0 Å². The second kappa shape index (κ2) is 7.62. The van der Waals surface area contributed by atoms with Crippen LogP contribution in [0.25, 0.3) is 0 Å². The van der Waals surface area contributed by atoms with Gasteiger partial charge in [0, 0.05) is 17.8 Å². The Labute approximate surface area is 122 Å². The van der Waals surface area contributed by atoms with Crippen LogP contribution in [-0.4, -0.2) is 24.9 Å². The number of hydrogen-bond donors (Lipinski definition) is 0. The second-order valence-corrected chi connectivity index (χ2v) is 4.53. The van der Waals surface area contributed by atoms with Crippen molar-refractivity contribution in [3.63, 3.8) is 0 Å². The molecule has 0 radical (unpaired) electrons. The van der Waals surface area contributed by atoms with E-state index in [0.29, 0.717) is 11.6 Å². The molecular weight excluding hydrogens is 250 g/mol. The lowest BCUT2D eigenvalue weighted by Gasteiger charge is -2.05. The summed E-state index contributed by atoms with van der Waals surface area (Å²) in [4.78, 5) is 20.1. The molecule has 0 N–H and O–H groups in total. The lowest BCUT2D eigenvalue weighted by atomic mass is 10.1. The molecular formula is C15H23N5. The monoisotopic (exact) mass is 275 g/mol. The van der Waals surface area contributed by atoms with Crippen molar-refractivity contribution in [2.75, 3.05) is 0 Å². The summed E-state index contributed by atoms with van der Waals surface area (Å²) < 4.78 is 7.12. The molecule has 2 aromatic heterocycles. The maximum absolute atomic E-state index is 7.12. The average Bonchev–Trinajstić information content (AvgIpc) is 2.42. The Morgan fingerprint density at radius 1 is 0.900 bits per heavy atom. The number of hydrogen-bond acceptors (Lipinski definition) is 5. The summed E-state index contributed by atoms with van der Waals surface area (Å²) in [6, 6.07) is 0. The Hall–Kier alpha value is -1.91. The van der Waals surface area contributed by atoms with Crippen LogP contribution in [0.2, 0.25) is 0 Å². The van der Waals surface area contributed by atoms with Gasteiger partial charge in [-0.2, -0.15) is 0 Å². The Balaban J connectivity index is 0.000000211. The van der Waals surface area contributed by atoms with Gasteiger partial charge in [0.1, 0.15) is 25.1 Å². The van der Waals surface area contributed by atoms with Gasteiger partial charge in [-0.3, -0.25) is 0 Å². The molecule has 0 aliphatic rings. The molecule has 0 amide bonds. The van der Waals surface area contributed by atoms with Crippen molar-refractivity contribution in [3.05, 3.63) is 40.7 Å². The van der Waals surface area contributed by atoms with Gasteiger partial charge in [0.25, 0.3) is 0 Å². The Kier molecular flexibility index (Phi) is 5.53. The molecule has 0 aliphatic carbocycles. The fourth-order valence-corrected chi connectivity index (χ4v) is 1.73. The van der Waals surface area contributed by atoms with Crippen molar-refractivity contribution < 1.29 is 1.37 Å². The van der Waals surface area contributed by atoms with Crippen LogP contribution >= 0.6 is 0 Å². The van der Waals surface area contributed by atoms with Gasteiger partial charge < -0.3 is 0 Å². The molecule has 0 aliphatic heterocycles. The zero-order chi connectivity index (χ0) is 16.0. The minimum absolute atomic E-state index is 0.0596. The highest BCUT2D eigenvalue weighted by Gasteiger charge is 2.02. The third-order valence-corrected chi connectivity index (χ3v) is 2.93. The van der Waals surface area contributed by atoms with E-state index in [1.165, 1.54) is 11.3 Å². The standard InChI is InChI=1S/C9H14N2.C6H9N3/c1-5-9-6(2)7(3)10-8(4)11-9;1-3-6-8-4-7-5(2)9-6/h5H2,1-4H3;4H,3H2,1-2H3/i;4T. The molecule has 2 aromatic rings. The van der Waals surface area contributed by atoms with E-state index in [1.807, 2.05) is 20.8 Å². The van der Waals surface area contributed by atoms with Gasteiger partial charge in [-0.25, -0.2) is 24.9 Å². The minimum atomic E-state index is 0.0596. The molecule has 0 bridgehead atoms. The fraction of sp³-hybridized carbons (Fsp3) is 0.533. The first-order valence-corrected chi connectivity index (χ1v) is 6.86. The topological polar surface area (TPSA) is 64.5 Å². The number of aromatic nitrogens is 5. The van der Waals surface area contributed by atoms with E-state index in [2.05, 4.69) is 38.8 Å². The largest absolute Gasteiger partial charge is 0.238 e. The molecule has 2 heterocycles. The molecule has 0 spiro atoms. The van der Waals surface area contributed by atoms with E-state index < -0.39 is 0 Å². The van der Waals surface area contributed by atoms with Gasteiger partial charge in [0.15, 0.2) is 0 Å². The predicted octanol–water partition coefficient (Wildman–Crippen LogP) is 2.71. The quantitative estimate of drug-likeness (QED) is 0.843. The van der Waals surface area contributed by atoms with E-state index in [9.17, 15) is 0 Å². The van der Waals surface area contributed by atoms with Crippen molar-refractivity contribution in [2.45, 2.75) is 54.4 Å². The first kappa shape index (κ1) is 14.5. The van der Waals surface area contributed by atoms with E-state index in [4.69, 9.17) is 1.37 Å². The molecule has 0 fully saturated rings. The normalized spacial score (nSPS) is 10.6. The van der Waals surface area contributed by atoms with Crippen LogP contribution in [0, 0.1) is 27.7 Å². The van der Waals surface area contributed by atoms with Crippen molar-refractivity contribution in [2.24, 2.45) is 0 Å². The van der Waals surface area contributed by atoms with Gasteiger partial charge in [-0.05, 0) is 39.7 Å². The molecule has 0 aromatic carbocycles. The summed E-state index contributed by atoms with van der Waals surface area (Å²) in [5, 5.41) is 0. The fourth-order valence-electron chi connectivity index (χ4n) is 1.73. The van der Waals surface area contributed by atoms with Gasteiger partial charge in [0.2, 0.25) is 0 Å². The molecule has 0 saturated carbocycles. The van der Waals surface area contributed by atoms with Gasteiger partial charge in [-0.15, -0.1) is 0 Å². The summed E-state index contributed by atoms with van der Waals surface area (Å²) in [5.74, 6) is 2.19. The molecule has 108 valence electrons. The maximum atomic E-state index is 7.12. The zero-order valence-corrected chi connectivity index (χ0v) is 13.2. The Morgan fingerprint density at radius 3 is 2.15 bits per heavy atom. The van der Waals surface area contributed by atoms with Crippen molar-refractivity contribution in [1.29, 1.82) is 0 Å². The molecule has 5 heteroatoms. The lowest BCUT2D eigenvalue weighted by Crippen LogP contribution is -2.00. The van der Waals surface area contributed by atoms with Crippen LogP contribution in [0.5, 0.6) is 0 Å². The van der Waals surface area contributed by atoms with E-state index in [0.717, 1.165) is 24.4 Å². The van der Waals surface area contributed by atoms with Crippen molar-refractivity contribution >= 4 is 0 Å². The van der Waals surface area contributed by atoms with Crippen molar-refractivity contribution in [3.8, 4) is 0 Å². The summed E-state index contributed by atoms with van der Waals surface area (Å²) in [6.07, 6.45) is 1.81. The molecule has 5 nitrogen and oxygen atoms in total. The Morgan fingerprint density at radius 2 is 1.60 bits per heavy atom. The summed E-state index contributed by atoms with van der Waals surface area (Å²) >= 11 is 0. The summed E-state index contributed by atoms with van der Waals surface area (Å²) in [6.45, 7) is 11.9. The SMILES string of the molecule is CCc1nc(C)nc(C)c1C.[3H]c1nc(C)nc(CC)n1. The smallest absolute Gasteiger partial charge is 0.131 e. The van der Waals surface area contributed by atoms with Gasteiger partial charge >= 0.3 is 0 Å².